The van der Waals surface area contributed by atoms with Gasteiger partial charge >= 0.3 is 0 Å². The molecule has 0 heterocycles. The molecule has 0 heteroatoms. The van der Waals surface area contributed by atoms with Crippen molar-refractivity contribution in [1.82, 2.24) is 0 Å². The highest BCUT2D eigenvalue weighted by Gasteiger charge is 1.77. The summed E-state index contributed by atoms with van der Waals surface area (Å²) in [5.74, 6) is 0. The van der Waals surface area contributed by atoms with E-state index in [0.717, 1.165) is 0 Å². The van der Waals surface area contributed by atoms with Crippen LogP contribution in [-0.2, 0) is 0 Å². The average Bonchev–Trinajstić information content (AvgIpc) is 2.13. The summed E-state index contributed by atoms with van der Waals surface area (Å²) in [7, 11) is 0. The molecule has 0 rings (SSSR count). The predicted octanol–water partition coefficient (Wildman–Crippen LogP) is 4.42. The van der Waals surface area contributed by atoms with Crippen LogP contribution in [0.1, 0.15) is 33.6 Å². The smallest absolute Gasteiger partial charge is 0.0350 e. The SMILES string of the molecule is CC=CC=CC=C(C)C=CCCC. The molecule has 0 radical (unpaired) electrons. The fourth-order valence-corrected chi connectivity index (χ4v) is 0.874. The maximum Gasteiger partial charge on any atom is -0.0350 e. The van der Waals surface area contributed by atoms with Gasteiger partial charge < -0.3 is 0 Å². The minimum atomic E-state index is 1.17. The van der Waals surface area contributed by atoms with Crippen LogP contribution in [0.2, 0.25) is 0 Å². The largest absolute Gasteiger partial charge is 0.0877 e. The Morgan fingerprint density at radius 2 is 1.92 bits per heavy atom. The van der Waals surface area contributed by atoms with E-state index in [0.29, 0.717) is 0 Å². The standard InChI is InChI=1S/C13H20/c1-4-6-8-10-12-13(3)11-9-7-5-2/h4,6,8-12H,5,7H2,1-3H3. The summed E-state index contributed by atoms with van der Waals surface area (Å²) in [5.41, 5.74) is 1.30. The van der Waals surface area contributed by atoms with E-state index in [9.17, 15) is 0 Å². The van der Waals surface area contributed by atoms with Gasteiger partial charge in [0.05, 0.1) is 0 Å². The molecule has 0 bridgehead atoms. The number of allylic oxidation sites excluding steroid dienone is 8. The van der Waals surface area contributed by atoms with Crippen LogP contribution in [0.25, 0.3) is 0 Å². The lowest BCUT2D eigenvalue weighted by Crippen LogP contribution is -1.67. The van der Waals surface area contributed by atoms with Crippen LogP contribution in [0.3, 0.4) is 0 Å². The zero-order valence-electron chi connectivity index (χ0n) is 8.96. The zero-order valence-corrected chi connectivity index (χ0v) is 8.96. The second-order valence-electron chi connectivity index (χ2n) is 3.01. The van der Waals surface area contributed by atoms with Crippen molar-refractivity contribution in [3.8, 4) is 0 Å². The van der Waals surface area contributed by atoms with Gasteiger partial charge in [0.25, 0.3) is 0 Å². The molecule has 72 valence electrons. The van der Waals surface area contributed by atoms with Crippen molar-refractivity contribution in [3.63, 3.8) is 0 Å². The van der Waals surface area contributed by atoms with Crippen LogP contribution in [0.5, 0.6) is 0 Å². The van der Waals surface area contributed by atoms with Gasteiger partial charge in [0.2, 0.25) is 0 Å². The van der Waals surface area contributed by atoms with E-state index in [1.807, 2.05) is 25.2 Å². The van der Waals surface area contributed by atoms with Gasteiger partial charge in [0.1, 0.15) is 0 Å². The molecule has 0 saturated carbocycles. The normalized spacial score (nSPS) is 13.9. The van der Waals surface area contributed by atoms with Gasteiger partial charge in [0, 0.05) is 0 Å². The van der Waals surface area contributed by atoms with Crippen molar-refractivity contribution in [3.05, 3.63) is 48.1 Å². The maximum absolute atomic E-state index is 2.22. The van der Waals surface area contributed by atoms with Crippen molar-refractivity contribution >= 4 is 0 Å². The van der Waals surface area contributed by atoms with Crippen LogP contribution >= 0.6 is 0 Å². The molecule has 0 aromatic carbocycles. The first-order valence-corrected chi connectivity index (χ1v) is 4.94. The van der Waals surface area contributed by atoms with Crippen molar-refractivity contribution in [1.29, 1.82) is 0 Å². The fourth-order valence-electron chi connectivity index (χ4n) is 0.874. The van der Waals surface area contributed by atoms with Gasteiger partial charge in [-0.3, -0.25) is 0 Å². The Morgan fingerprint density at radius 1 is 1.15 bits per heavy atom. The molecule has 0 aromatic heterocycles. The van der Waals surface area contributed by atoms with E-state index in [-0.39, 0.29) is 0 Å². The molecule has 0 fully saturated rings. The molecule has 13 heavy (non-hydrogen) atoms. The third-order valence-corrected chi connectivity index (χ3v) is 1.61. The summed E-state index contributed by atoms with van der Waals surface area (Å²) < 4.78 is 0. The van der Waals surface area contributed by atoms with Gasteiger partial charge in [0.15, 0.2) is 0 Å². The molecule has 0 unspecified atom stereocenters. The lowest BCUT2D eigenvalue weighted by molar-refractivity contribution is 0.957. The molecule has 0 spiro atoms. The van der Waals surface area contributed by atoms with E-state index < -0.39 is 0 Å². The second-order valence-corrected chi connectivity index (χ2v) is 3.01. The predicted molar refractivity (Wildman–Crippen MR) is 61.8 cm³/mol. The molecule has 0 amide bonds. The summed E-state index contributed by atoms with van der Waals surface area (Å²) >= 11 is 0. The maximum atomic E-state index is 2.22. The Bertz CT molecular complexity index is 214. The molecular formula is C13H20. The number of unbranched alkanes of at least 4 members (excludes halogenated alkanes) is 1. The van der Waals surface area contributed by atoms with Crippen molar-refractivity contribution in [2.75, 3.05) is 0 Å². The minimum Gasteiger partial charge on any atom is -0.0877 e. The molecular weight excluding hydrogens is 156 g/mol. The average molecular weight is 176 g/mol. The minimum absolute atomic E-state index is 1.17. The highest BCUT2D eigenvalue weighted by molar-refractivity contribution is 5.23. The monoisotopic (exact) mass is 176 g/mol. The molecule has 0 saturated heterocycles. The first-order chi connectivity index (χ1) is 6.31. The van der Waals surface area contributed by atoms with Crippen molar-refractivity contribution < 1.29 is 0 Å². The molecule has 0 aliphatic rings. The molecule has 0 N–H and O–H groups in total. The highest BCUT2D eigenvalue weighted by atomic mass is 13.8. The fraction of sp³-hybridized carbons (Fsp3) is 0.385. The zero-order chi connectivity index (χ0) is 9.94. The Hall–Kier alpha value is -1.04. The van der Waals surface area contributed by atoms with E-state index in [1.165, 1.54) is 18.4 Å². The Morgan fingerprint density at radius 3 is 2.54 bits per heavy atom. The van der Waals surface area contributed by atoms with Crippen LogP contribution < -0.4 is 0 Å². The van der Waals surface area contributed by atoms with Gasteiger partial charge in [-0.05, 0) is 20.3 Å². The van der Waals surface area contributed by atoms with Crippen LogP contribution in [0.4, 0.5) is 0 Å². The van der Waals surface area contributed by atoms with Gasteiger partial charge in [-0.15, -0.1) is 0 Å². The van der Waals surface area contributed by atoms with E-state index >= 15 is 0 Å². The summed E-state index contributed by atoms with van der Waals surface area (Å²) in [4.78, 5) is 0. The highest BCUT2D eigenvalue weighted by Crippen LogP contribution is 1.98. The number of hydrogen-bond acceptors (Lipinski definition) is 0. The molecule has 0 aromatic rings. The molecule has 0 aliphatic heterocycles. The Labute approximate surface area is 82.4 Å². The van der Waals surface area contributed by atoms with Crippen molar-refractivity contribution in [2.24, 2.45) is 0 Å². The Balaban J connectivity index is 3.87. The van der Waals surface area contributed by atoms with Gasteiger partial charge in [-0.2, -0.15) is 0 Å². The van der Waals surface area contributed by atoms with E-state index in [2.05, 4.69) is 38.2 Å². The van der Waals surface area contributed by atoms with E-state index in [1.54, 1.807) is 0 Å². The quantitative estimate of drug-likeness (QED) is 0.544. The van der Waals surface area contributed by atoms with Crippen LogP contribution in [0.15, 0.2) is 48.1 Å². The topological polar surface area (TPSA) is 0 Å². The number of hydrogen-bond donors (Lipinski definition) is 0. The lowest BCUT2D eigenvalue weighted by Gasteiger charge is -1.88. The van der Waals surface area contributed by atoms with Crippen LogP contribution in [-0.4, -0.2) is 0 Å². The second kappa shape index (κ2) is 9.05. The van der Waals surface area contributed by atoms with Crippen molar-refractivity contribution in [2.45, 2.75) is 33.6 Å². The summed E-state index contributed by atoms with van der Waals surface area (Å²) in [6.45, 7) is 6.32. The Kier molecular flexibility index (Phi) is 8.33. The van der Waals surface area contributed by atoms with Gasteiger partial charge in [-0.25, -0.2) is 0 Å². The molecule has 0 atom stereocenters. The molecule has 0 aliphatic carbocycles. The van der Waals surface area contributed by atoms with Gasteiger partial charge in [-0.1, -0.05) is 61.4 Å². The first kappa shape index (κ1) is 12.0. The molecule has 0 nitrogen and oxygen atoms in total. The third-order valence-electron chi connectivity index (χ3n) is 1.61. The summed E-state index contributed by atoms with van der Waals surface area (Å²) in [5, 5.41) is 0. The lowest BCUT2D eigenvalue weighted by atomic mass is 10.2. The summed E-state index contributed by atoms with van der Waals surface area (Å²) in [6.07, 6.45) is 17.0. The summed E-state index contributed by atoms with van der Waals surface area (Å²) in [6, 6.07) is 0. The van der Waals surface area contributed by atoms with E-state index in [4.69, 9.17) is 0 Å². The third kappa shape index (κ3) is 8.87. The van der Waals surface area contributed by atoms with Crippen LogP contribution in [0, 0.1) is 0 Å². The number of rotatable bonds is 5. The first-order valence-electron chi connectivity index (χ1n) is 4.94.